The number of likely N-dealkylation sites (N-methyl/N-ethyl adjacent to an activating group) is 1. The number of aryl methyl sites for hydroxylation is 1. The number of nitrogens with zero attached hydrogens (tertiary/aromatic N) is 3. The molecule has 136 valence electrons. The Balaban J connectivity index is 0.00000225. The first-order valence-corrected chi connectivity index (χ1v) is 8.05. The molecular weight excluding hydrogens is 342 g/mol. The van der Waals surface area contributed by atoms with E-state index in [0.29, 0.717) is 18.0 Å². The maximum absolute atomic E-state index is 12.7. The smallest absolute Gasteiger partial charge is 0.253 e. The highest BCUT2D eigenvalue weighted by molar-refractivity contribution is 5.96. The molecule has 1 aromatic carbocycles. The first-order chi connectivity index (χ1) is 11.4. The summed E-state index contributed by atoms with van der Waals surface area (Å²) in [7, 11) is 3.96. The number of halogens is 1. The predicted molar refractivity (Wildman–Crippen MR) is 98.2 cm³/mol. The highest BCUT2D eigenvalue weighted by atomic mass is 35.5. The van der Waals surface area contributed by atoms with Crippen LogP contribution in [-0.4, -0.2) is 49.8 Å². The number of hydrogen-bond acceptors (Lipinski definition) is 5. The van der Waals surface area contributed by atoms with Crippen LogP contribution in [0.15, 0.2) is 34.9 Å². The number of hydrogen-bond donors (Lipinski definition) is 0. The van der Waals surface area contributed by atoms with E-state index in [2.05, 4.69) is 5.16 Å². The minimum atomic E-state index is -0.823. The van der Waals surface area contributed by atoms with Crippen LogP contribution >= 0.6 is 12.4 Å². The molecule has 25 heavy (non-hydrogen) atoms. The van der Waals surface area contributed by atoms with Crippen molar-refractivity contribution in [3.63, 3.8) is 0 Å². The molecule has 3 rings (SSSR count). The van der Waals surface area contributed by atoms with Gasteiger partial charge in [-0.3, -0.25) is 4.79 Å². The van der Waals surface area contributed by atoms with Gasteiger partial charge in [0.2, 0.25) is 0 Å². The third kappa shape index (κ3) is 3.56. The minimum Gasteiger partial charge on any atom is -0.359 e. The van der Waals surface area contributed by atoms with Gasteiger partial charge < -0.3 is 19.1 Å². The van der Waals surface area contributed by atoms with Gasteiger partial charge in [-0.05, 0) is 33.5 Å². The average molecular weight is 366 g/mol. The maximum Gasteiger partial charge on any atom is 0.253 e. The van der Waals surface area contributed by atoms with Crippen LogP contribution in [0.3, 0.4) is 0 Å². The van der Waals surface area contributed by atoms with E-state index in [4.69, 9.17) is 9.26 Å². The number of amides is 1. The fourth-order valence-corrected chi connectivity index (χ4v) is 2.99. The Bertz CT molecular complexity index is 732. The number of benzene rings is 1. The largest absolute Gasteiger partial charge is 0.359 e. The number of ether oxygens (including phenoxy) is 1. The molecule has 1 unspecified atom stereocenters. The lowest BCUT2D eigenvalue weighted by molar-refractivity contribution is -0.127. The standard InChI is InChI=1S/C18H23N3O3.ClH/c1-13-16-17(19-24-13)18(2,14-8-6-5-7-9-14)23-12-15(22)21(16)11-10-20(3)4;/h5-9H,10-12H2,1-4H3;1H. The van der Waals surface area contributed by atoms with Gasteiger partial charge in [0.25, 0.3) is 5.91 Å². The summed E-state index contributed by atoms with van der Waals surface area (Å²) in [5.74, 6) is 0.550. The molecule has 1 aliphatic heterocycles. The zero-order valence-electron chi connectivity index (χ0n) is 15.0. The van der Waals surface area contributed by atoms with E-state index in [9.17, 15) is 4.79 Å². The Labute approximate surface area is 154 Å². The van der Waals surface area contributed by atoms with Crippen molar-refractivity contribution in [3.8, 4) is 0 Å². The van der Waals surface area contributed by atoms with Crippen LogP contribution in [0.5, 0.6) is 0 Å². The summed E-state index contributed by atoms with van der Waals surface area (Å²) in [6.45, 7) is 5.09. The topological polar surface area (TPSA) is 58.8 Å². The van der Waals surface area contributed by atoms with Gasteiger partial charge in [-0.1, -0.05) is 35.5 Å². The van der Waals surface area contributed by atoms with Crippen molar-refractivity contribution in [1.29, 1.82) is 0 Å². The van der Waals surface area contributed by atoms with Gasteiger partial charge >= 0.3 is 0 Å². The minimum absolute atomic E-state index is 0. The van der Waals surface area contributed by atoms with E-state index in [1.54, 1.807) is 4.90 Å². The monoisotopic (exact) mass is 365 g/mol. The van der Waals surface area contributed by atoms with Crippen molar-refractivity contribution in [1.82, 2.24) is 10.1 Å². The highest BCUT2D eigenvalue weighted by Gasteiger charge is 2.42. The second kappa shape index (κ2) is 7.56. The molecule has 1 atom stereocenters. The second-order valence-electron chi connectivity index (χ2n) is 6.47. The summed E-state index contributed by atoms with van der Waals surface area (Å²) in [6, 6.07) is 9.81. The molecule has 0 spiro atoms. The Morgan fingerprint density at radius 2 is 1.96 bits per heavy atom. The van der Waals surface area contributed by atoms with Gasteiger partial charge in [-0.25, -0.2) is 0 Å². The van der Waals surface area contributed by atoms with Gasteiger partial charge in [-0.2, -0.15) is 0 Å². The van der Waals surface area contributed by atoms with E-state index in [0.717, 1.165) is 17.8 Å². The number of fused-ring (bicyclic) bond motifs is 1. The molecule has 6 nitrogen and oxygen atoms in total. The zero-order chi connectivity index (χ0) is 17.3. The molecule has 1 amide bonds. The first kappa shape index (κ1) is 19.4. The highest BCUT2D eigenvalue weighted by Crippen LogP contribution is 2.41. The Kier molecular flexibility index (Phi) is 5.87. The molecule has 0 N–H and O–H groups in total. The fraction of sp³-hybridized carbons (Fsp3) is 0.444. The van der Waals surface area contributed by atoms with E-state index < -0.39 is 5.60 Å². The van der Waals surface area contributed by atoms with E-state index in [1.807, 2.05) is 63.2 Å². The maximum atomic E-state index is 12.7. The van der Waals surface area contributed by atoms with Crippen LogP contribution in [0.2, 0.25) is 0 Å². The summed E-state index contributed by atoms with van der Waals surface area (Å²) in [6.07, 6.45) is 0. The van der Waals surface area contributed by atoms with Crippen molar-refractivity contribution < 1.29 is 14.1 Å². The van der Waals surface area contributed by atoms with Gasteiger partial charge in [0.05, 0.1) is 0 Å². The van der Waals surface area contributed by atoms with Crippen LogP contribution < -0.4 is 4.90 Å². The molecule has 2 heterocycles. The molecule has 0 bridgehead atoms. The Morgan fingerprint density at radius 3 is 2.60 bits per heavy atom. The fourth-order valence-electron chi connectivity index (χ4n) is 2.99. The van der Waals surface area contributed by atoms with E-state index >= 15 is 0 Å². The number of aromatic nitrogens is 1. The lowest BCUT2D eigenvalue weighted by atomic mass is 9.91. The van der Waals surface area contributed by atoms with Crippen molar-refractivity contribution >= 4 is 24.0 Å². The normalized spacial score (nSPS) is 20.2. The Morgan fingerprint density at radius 1 is 1.28 bits per heavy atom. The van der Waals surface area contributed by atoms with Crippen molar-refractivity contribution in [2.24, 2.45) is 0 Å². The van der Waals surface area contributed by atoms with Crippen molar-refractivity contribution in [3.05, 3.63) is 47.3 Å². The molecule has 2 aromatic rings. The van der Waals surface area contributed by atoms with Gasteiger partial charge in [0.15, 0.2) is 5.76 Å². The van der Waals surface area contributed by atoms with Crippen LogP contribution in [0.1, 0.15) is 23.9 Å². The lowest BCUT2D eigenvalue weighted by Crippen LogP contribution is -2.38. The first-order valence-electron chi connectivity index (χ1n) is 8.05. The van der Waals surface area contributed by atoms with Crippen LogP contribution in [0.4, 0.5) is 5.69 Å². The number of anilines is 1. The third-order valence-electron chi connectivity index (χ3n) is 4.43. The van der Waals surface area contributed by atoms with E-state index in [-0.39, 0.29) is 24.9 Å². The molecule has 1 aliphatic rings. The SMILES string of the molecule is Cc1onc2c1N(CCN(C)C)C(=O)COC2(C)c1ccccc1.Cl. The van der Waals surface area contributed by atoms with Gasteiger partial charge in [-0.15, -0.1) is 12.4 Å². The summed E-state index contributed by atoms with van der Waals surface area (Å²) >= 11 is 0. The van der Waals surface area contributed by atoms with Crippen molar-refractivity contribution in [2.45, 2.75) is 19.4 Å². The van der Waals surface area contributed by atoms with Crippen molar-refractivity contribution in [2.75, 3.05) is 38.7 Å². The van der Waals surface area contributed by atoms with Crippen LogP contribution in [0, 0.1) is 6.92 Å². The molecule has 0 saturated carbocycles. The molecule has 0 fully saturated rings. The molecular formula is C18H24ClN3O3. The van der Waals surface area contributed by atoms with Gasteiger partial charge in [0.1, 0.15) is 23.6 Å². The van der Waals surface area contributed by atoms with Crippen LogP contribution in [-0.2, 0) is 15.1 Å². The summed E-state index contributed by atoms with van der Waals surface area (Å²) in [5.41, 5.74) is 1.50. The van der Waals surface area contributed by atoms with Gasteiger partial charge in [0, 0.05) is 13.1 Å². The summed E-state index contributed by atoms with van der Waals surface area (Å²) in [4.78, 5) is 16.4. The average Bonchev–Trinajstić information content (AvgIpc) is 2.91. The lowest BCUT2D eigenvalue weighted by Gasteiger charge is -2.27. The number of carbonyl (C=O) groups excluding carboxylic acids is 1. The second-order valence-corrected chi connectivity index (χ2v) is 6.47. The Hall–Kier alpha value is -1.89. The predicted octanol–water partition coefficient (Wildman–Crippen LogP) is 2.59. The molecule has 0 saturated heterocycles. The van der Waals surface area contributed by atoms with E-state index in [1.165, 1.54) is 0 Å². The zero-order valence-corrected chi connectivity index (χ0v) is 15.8. The number of rotatable bonds is 4. The summed E-state index contributed by atoms with van der Waals surface area (Å²) in [5, 5.41) is 4.25. The molecule has 0 radical (unpaired) electrons. The van der Waals surface area contributed by atoms with Crippen LogP contribution in [0.25, 0.3) is 0 Å². The summed E-state index contributed by atoms with van der Waals surface area (Å²) < 4.78 is 11.5. The quantitative estimate of drug-likeness (QED) is 0.833. The number of carbonyl (C=O) groups is 1. The molecule has 0 aliphatic carbocycles. The molecule has 7 heteroatoms. The molecule has 1 aromatic heterocycles. The third-order valence-corrected chi connectivity index (χ3v) is 4.43.